The molecular formula is C12H9FN2O5S. The van der Waals surface area contributed by atoms with Gasteiger partial charge in [0.25, 0.3) is 15.7 Å². The Morgan fingerprint density at radius 2 is 1.90 bits per heavy atom. The second-order valence-electron chi connectivity index (χ2n) is 4.02. The maximum absolute atomic E-state index is 13.7. The molecule has 2 N–H and O–H groups in total. The Morgan fingerprint density at radius 3 is 2.48 bits per heavy atom. The third-order valence-electron chi connectivity index (χ3n) is 2.54. The molecule has 0 saturated heterocycles. The number of anilines is 1. The first-order valence-electron chi connectivity index (χ1n) is 5.55. The zero-order valence-electron chi connectivity index (χ0n) is 10.4. The summed E-state index contributed by atoms with van der Waals surface area (Å²) in [6.07, 6.45) is 0. The summed E-state index contributed by atoms with van der Waals surface area (Å²) in [7, 11) is -4.11. The van der Waals surface area contributed by atoms with Crippen molar-refractivity contribution in [3.63, 3.8) is 0 Å². The summed E-state index contributed by atoms with van der Waals surface area (Å²) < 4.78 is 39.6. The number of halogens is 1. The molecule has 0 aliphatic rings. The molecule has 9 heteroatoms. The van der Waals surface area contributed by atoms with Crippen LogP contribution in [-0.4, -0.2) is 18.4 Å². The van der Waals surface area contributed by atoms with Crippen LogP contribution in [0.4, 0.5) is 15.8 Å². The molecule has 2 aromatic rings. The summed E-state index contributed by atoms with van der Waals surface area (Å²) in [5.41, 5.74) is -0.920. The Bertz CT molecular complexity index is 807. The van der Waals surface area contributed by atoms with Gasteiger partial charge >= 0.3 is 0 Å². The first-order valence-corrected chi connectivity index (χ1v) is 7.04. The van der Waals surface area contributed by atoms with Gasteiger partial charge in [-0.2, -0.15) is 0 Å². The standard InChI is InChI=1S/C12H9FN2O5S/c13-11-6-8(15(17)18)4-5-12(11)14-21(19,20)10-3-1-2-9(16)7-10/h1-7,14,16H. The number of aromatic hydroxyl groups is 1. The predicted octanol–water partition coefficient (Wildman–Crippen LogP) is 2.24. The first-order chi connectivity index (χ1) is 9.79. The lowest BCUT2D eigenvalue weighted by Gasteiger charge is -2.09. The molecule has 0 saturated carbocycles. The number of nitro groups is 1. The highest BCUT2D eigenvalue weighted by atomic mass is 32.2. The zero-order chi connectivity index (χ0) is 15.6. The van der Waals surface area contributed by atoms with Crippen LogP contribution in [-0.2, 0) is 10.0 Å². The van der Waals surface area contributed by atoms with Gasteiger partial charge in [-0.15, -0.1) is 0 Å². The highest BCUT2D eigenvalue weighted by Crippen LogP contribution is 2.24. The van der Waals surface area contributed by atoms with E-state index < -0.39 is 32.1 Å². The Balaban J connectivity index is 2.35. The van der Waals surface area contributed by atoms with Gasteiger partial charge < -0.3 is 5.11 Å². The minimum Gasteiger partial charge on any atom is -0.508 e. The van der Waals surface area contributed by atoms with E-state index in [2.05, 4.69) is 0 Å². The fourth-order valence-corrected chi connectivity index (χ4v) is 2.66. The van der Waals surface area contributed by atoms with Gasteiger partial charge in [-0.1, -0.05) is 6.07 Å². The van der Waals surface area contributed by atoms with Crippen molar-refractivity contribution >= 4 is 21.4 Å². The van der Waals surface area contributed by atoms with Crippen molar-refractivity contribution in [1.82, 2.24) is 0 Å². The van der Waals surface area contributed by atoms with Crippen LogP contribution in [0.25, 0.3) is 0 Å². The van der Waals surface area contributed by atoms with Gasteiger partial charge in [0, 0.05) is 12.1 Å². The number of sulfonamides is 1. The van der Waals surface area contributed by atoms with Crippen molar-refractivity contribution in [2.45, 2.75) is 4.90 Å². The van der Waals surface area contributed by atoms with Crippen LogP contribution in [0.15, 0.2) is 47.4 Å². The number of phenols is 1. The molecule has 2 aromatic carbocycles. The van der Waals surface area contributed by atoms with Crippen LogP contribution in [0.3, 0.4) is 0 Å². The molecule has 0 heterocycles. The average Bonchev–Trinajstić information content (AvgIpc) is 2.40. The molecule has 7 nitrogen and oxygen atoms in total. The summed E-state index contributed by atoms with van der Waals surface area (Å²) in [6.45, 7) is 0. The van der Waals surface area contributed by atoms with E-state index in [0.29, 0.717) is 6.07 Å². The number of hydrogen-bond acceptors (Lipinski definition) is 5. The van der Waals surface area contributed by atoms with Gasteiger partial charge in [0.2, 0.25) is 0 Å². The fraction of sp³-hybridized carbons (Fsp3) is 0. The van der Waals surface area contributed by atoms with E-state index in [1.165, 1.54) is 18.2 Å². The van der Waals surface area contributed by atoms with E-state index in [-0.39, 0.29) is 10.6 Å². The molecule has 21 heavy (non-hydrogen) atoms. The van der Waals surface area contributed by atoms with Crippen molar-refractivity contribution in [2.75, 3.05) is 4.72 Å². The number of nitro benzene ring substituents is 1. The van der Waals surface area contributed by atoms with Gasteiger partial charge in [0.05, 0.1) is 21.6 Å². The van der Waals surface area contributed by atoms with Crippen LogP contribution in [0, 0.1) is 15.9 Å². The Morgan fingerprint density at radius 1 is 1.19 bits per heavy atom. The van der Waals surface area contributed by atoms with Crippen LogP contribution < -0.4 is 4.72 Å². The zero-order valence-corrected chi connectivity index (χ0v) is 11.2. The number of non-ortho nitro benzene ring substituents is 1. The highest BCUT2D eigenvalue weighted by molar-refractivity contribution is 7.92. The van der Waals surface area contributed by atoms with E-state index in [4.69, 9.17) is 0 Å². The summed E-state index contributed by atoms with van der Waals surface area (Å²) in [5, 5.41) is 19.7. The Labute approximate surface area is 118 Å². The third-order valence-corrected chi connectivity index (χ3v) is 3.90. The van der Waals surface area contributed by atoms with Crippen molar-refractivity contribution in [3.05, 3.63) is 58.4 Å². The largest absolute Gasteiger partial charge is 0.508 e. The molecule has 0 atom stereocenters. The molecule has 0 radical (unpaired) electrons. The lowest BCUT2D eigenvalue weighted by molar-refractivity contribution is -0.385. The Kier molecular flexibility index (Phi) is 3.76. The van der Waals surface area contributed by atoms with Crippen molar-refractivity contribution in [2.24, 2.45) is 0 Å². The van der Waals surface area contributed by atoms with Gasteiger partial charge in [0.15, 0.2) is 5.82 Å². The summed E-state index contributed by atoms with van der Waals surface area (Å²) in [5.74, 6) is -1.34. The SMILES string of the molecule is O=[N+]([O-])c1ccc(NS(=O)(=O)c2cccc(O)c2)c(F)c1. The number of phenolic OH excluding ortho intramolecular Hbond substituents is 1. The number of nitrogens with one attached hydrogen (secondary N) is 1. The van der Waals surface area contributed by atoms with Crippen molar-refractivity contribution in [3.8, 4) is 5.75 Å². The average molecular weight is 312 g/mol. The summed E-state index contributed by atoms with van der Waals surface area (Å²) >= 11 is 0. The molecular weight excluding hydrogens is 303 g/mol. The predicted molar refractivity (Wildman–Crippen MR) is 72.0 cm³/mol. The number of rotatable bonds is 4. The lowest BCUT2D eigenvalue weighted by atomic mass is 10.3. The fourth-order valence-electron chi connectivity index (χ4n) is 1.55. The molecule has 0 aromatic heterocycles. The van der Waals surface area contributed by atoms with E-state index in [9.17, 15) is 28.0 Å². The number of hydrogen-bond donors (Lipinski definition) is 2. The summed E-state index contributed by atoms with van der Waals surface area (Å²) in [4.78, 5) is 9.42. The van der Waals surface area contributed by atoms with E-state index >= 15 is 0 Å². The molecule has 2 rings (SSSR count). The second-order valence-corrected chi connectivity index (χ2v) is 5.71. The Hall–Kier alpha value is -2.68. The number of benzene rings is 2. The normalized spacial score (nSPS) is 11.1. The second kappa shape index (κ2) is 5.37. The molecule has 0 fully saturated rings. The van der Waals surface area contributed by atoms with Gasteiger partial charge in [-0.05, 0) is 18.2 Å². The molecule has 0 aliphatic carbocycles. The molecule has 0 bridgehead atoms. The van der Waals surface area contributed by atoms with Crippen LogP contribution >= 0.6 is 0 Å². The van der Waals surface area contributed by atoms with Crippen LogP contribution in [0.5, 0.6) is 5.75 Å². The molecule has 0 spiro atoms. The monoisotopic (exact) mass is 312 g/mol. The topological polar surface area (TPSA) is 110 Å². The minimum atomic E-state index is -4.11. The third kappa shape index (κ3) is 3.26. The minimum absolute atomic E-state index is 0.262. The molecule has 0 aliphatic heterocycles. The molecule has 0 amide bonds. The van der Waals surface area contributed by atoms with Gasteiger partial charge in [-0.3, -0.25) is 14.8 Å². The lowest BCUT2D eigenvalue weighted by Crippen LogP contribution is -2.14. The van der Waals surface area contributed by atoms with Crippen LogP contribution in [0.1, 0.15) is 0 Å². The van der Waals surface area contributed by atoms with Gasteiger partial charge in [-0.25, -0.2) is 12.8 Å². The number of nitrogens with zero attached hydrogens (tertiary/aromatic N) is 1. The smallest absolute Gasteiger partial charge is 0.272 e. The quantitative estimate of drug-likeness (QED) is 0.664. The van der Waals surface area contributed by atoms with E-state index in [0.717, 1.165) is 18.2 Å². The molecule has 0 unspecified atom stereocenters. The van der Waals surface area contributed by atoms with E-state index in [1.54, 1.807) is 0 Å². The van der Waals surface area contributed by atoms with Crippen molar-refractivity contribution in [1.29, 1.82) is 0 Å². The highest BCUT2D eigenvalue weighted by Gasteiger charge is 2.18. The maximum Gasteiger partial charge on any atom is 0.272 e. The first kappa shape index (κ1) is 14.7. The van der Waals surface area contributed by atoms with Gasteiger partial charge in [0.1, 0.15) is 5.75 Å². The van der Waals surface area contributed by atoms with Crippen molar-refractivity contribution < 1.29 is 22.8 Å². The molecule has 110 valence electrons. The maximum atomic E-state index is 13.7. The van der Waals surface area contributed by atoms with Crippen LogP contribution in [0.2, 0.25) is 0 Å². The summed E-state index contributed by atoms with van der Waals surface area (Å²) in [6, 6.07) is 7.34. The van der Waals surface area contributed by atoms with E-state index in [1.807, 2.05) is 4.72 Å².